The van der Waals surface area contributed by atoms with Gasteiger partial charge in [0, 0.05) is 17.8 Å². The molecule has 1 heterocycles. The third-order valence-corrected chi connectivity index (χ3v) is 6.59. The number of nitro benzene ring substituents is 1. The molecule has 0 saturated heterocycles. The largest absolute Gasteiger partial charge is 0.337 e. The summed E-state index contributed by atoms with van der Waals surface area (Å²) in [5, 5.41) is 14.3. The number of para-hydroxylation sites is 2. The first-order chi connectivity index (χ1) is 15.6. The van der Waals surface area contributed by atoms with E-state index in [1.54, 1.807) is 25.1 Å². The van der Waals surface area contributed by atoms with Crippen molar-refractivity contribution in [1.82, 2.24) is 9.97 Å². The van der Waals surface area contributed by atoms with Crippen LogP contribution in [0.2, 0.25) is 0 Å². The average molecular weight is 464 g/mol. The molecule has 10 heteroatoms. The fourth-order valence-electron chi connectivity index (χ4n) is 3.41. The second-order valence-electron chi connectivity index (χ2n) is 7.67. The highest BCUT2D eigenvalue weighted by molar-refractivity contribution is 7.92. The van der Waals surface area contributed by atoms with Gasteiger partial charge < -0.3 is 5.32 Å². The van der Waals surface area contributed by atoms with Crippen molar-refractivity contribution in [1.29, 1.82) is 0 Å². The Kier molecular flexibility index (Phi) is 5.69. The summed E-state index contributed by atoms with van der Waals surface area (Å²) in [6, 6.07) is 16.6. The molecular formula is C23H21N5O4S. The summed E-state index contributed by atoms with van der Waals surface area (Å²) in [6.07, 6.45) is 0. The fourth-order valence-corrected chi connectivity index (χ4v) is 4.69. The Morgan fingerprint density at radius 3 is 2.15 bits per heavy atom. The van der Waals surface area contributed by atoms with Crippen LogP contribution in [0.25, 0.3) is 11.0 Å². The van der Waals surface area contributed by atoms with Gasteiger partial charge in [0.05, 0.1) is 20.9 Å². The van der Waals surface area contributed by atoms with Gasteiger partial charge in [-0.05, 0) is 50.1 Å². The summed E-state index contributed by atoms with van der Waals surface area (Å²) in [4.78, 5) is 19.4. The van der Waals surface area contributed by atoms with Gasteiger partial charge in [0.1, 0.15) is 0 Å². The lowest BCUT2D eigenvalue weighted by Gasteiger charge is -2.16. The third-order valence-electron chi connectivity index (χ3n) is 5.11. The molecule has 0 bridgehead atoms. The van der Waals surface area contributed by atoms with Crippen LogP contribution in [0.1, 0.15) is 16.7 Å². The molecule has 0 spiro atoms. The number of sulfonamides is 1. The van der Waals surface area contributed by atoms with Crippen molar-refractivity contribution in [3.8, 4) is 0 Å². The van der Waals surface area contributed by atoms with Crippen LogP contribution in [0.3, 0.4) is 0 Å². The van der Waals surface area contributed by atoms with E-state index < -0.39 is 14.9 Å². The number of rotatable bonds is 6. The highest BCUT2D eigenvalue weighted by Crippen LogP contribution is 2.30. The zero-order chi connectivity index (χ0) is 23.8. The Morgan fingerprint density at radius 1 is 0.848 bits per heavy atom. The molecule has 0 atom stereocenters. The van der Waals surface area contributed by atoms with Gasteiger partial charge in [-0.1, -0.05) is 35.9 Å². The van der Waals surface area contributed by atoms with Crippen LogP contribution in [0, 0.1) is 30.9 Å². The number of benzene rings is 3. The molecule has 1 aromatic heterocycles. The Hall–Kier alpha value is -4.05. The van der Waals surface area contributed by atoms with Gasteiger partial charge in [-0.2, -0.15) is 0 Å². The molecule has 0 aliphatic carbocycles. The van der Waals surface area contributed by atoms with Gasteiger partial charge in [-0.25, -0.2) is 18.4 Å². The van der Waals surface area contributed by atoms with Crippen molar-refractivity contribution in [3.05, 3.63) is 87.5 Å². The second kappa shape index (κ2) is 8.47. The Balaban J connectivity index is 1.82. The first-order valence-corrected chi connectivity index (χ1v) is 11.5. The van der Waals surface area contributed by atoms with E-state index in [1.165, 1.54) is 12.1 Å². The molecule has 0 unspecified atom stereocenters. The SMILES string of the molecule is Cc1ccc(Nc2nc3ccccc3nc2NS(=O)(=O)c2cc([N+](=O)[O-])ccc2C)c(C)c1. The molecule has 3 aromatic carbocycles. The lowest BCUT2D eigenvalue weighted by molar-refractivity contribution is -0.385. The summed E-state index contributed by atoms with van der Waals surface area (Å²) >= 11 is 0. The van der Waals surface area contributed by atoms with Crippen LogP contribution in [-0.4, -0.2) is 23.3 Å². The molecule has 0 fully saturated rings. The minimum absolute atomic E-state index is 0.0143. The van der Waals surface area contributed by atoms with Gasteiger partial charge in [0.25, 0.3) is 15.7 Å². The maximum atomic E-state index is 13.2. The van der Waals surface area contributed by atoms with Crippen molar-refractivity contribution in [2.24, 2.45) is 0 Å². The second-order valence-corrected chi connectivity index (χ2v) is 9.32. The van der Waals surface area contributed by atoms with Crippen LogP contribution in [0.4, 0.5) is 23.0 Å². The van der Waals surface area contributed by atoms with Crippen LogP contribution < -0.4 is 10.0 Å². The zero-order valence-corrected chi connectivity index (χ0v) is 19.0. The highest BCUT2D eigenvalue weighted by atomic mass is 32.2. The van der Waals surface area contributed by atoms with E-state index in [0.717, 1.165) is 22.9 Å². The average Bonchev–Trinajstić information content (AvgIpc) is 2.75. The molecule has 4 rings (SSSR count). The van der Waals surface area contributed by atoms with Crippen molar-refractivity contribution in [2.45, 2.75) is 25.7 Å². The van der Waals surface area contributed by atoms with Gasteiger partial charge in [0.15, 0.2) is 11.6 Å². The molecule has 0 amide bonds. The van der Waals surface area contributed by atoms with Crippen LogP contribution >= 0.6 is 0 Å². The molecule has 33 heavy (non-hydrogen) atoms. The molecular weight excluding hydrogens is 442 g/mol. The van der Waals surface area contributed by atoms with E-state index >= 15 is 0 Å². The van der Waals surface area contributed by atoms with Crippen molar-refractivity contribution in [2.75, 3.05) is 10.0 Å². The van der Waals surface area contributed by atoms with Crippen molar-refractivity contribution in [3.63, 3.8) is 0 Å². The quantitative estimate of drug-likeness (QED) is 0.304. The summed E-state index contributed by atoms with van der Waals surface area (Å²) in [7, 11) is -4.20. The van der Waals surface area contributed by atoms with E-state index in [1.807, 2.05) is 38.1 Å². The smallest absolute Gasteiger partial charge is 0.270 e. The maximum Gasteiger partial charge on any atom is 0.270 e. The van der Waals surface area contributed by atoms with Crippen molar-refractivity contribution < 1.29 is 13.3 Å². The molecule has 0 aliphatic rings. The van der Waals surface area contributed by atoms with Crippen molar-refractivity contribution >= 4 is 44.1 Å². The summed E-state index contributed by atoms with van der Waals surface area (Å²) in [5.41, 5.74) is 3.91. The number of nitrogens with zero attached hydrogens (tertiary/aromatic N) is 3. The summed E-state index contributed by atoms with van der Waals surface area (Å²) < 4.78 is 28.9. The number of hydrogen-bond acceptors (Lipinski definition) is 7. The number of hydrogen-bond donors (Lipinski definition) is 2. The predicted octanol–water partition coefficient (Wildman–Crippen LogP) is 5.01. The van der Waals surface area contributed by atoms with Crippen LogP contribution in [0.5, 0.6) is 0 Å². The number of fused-ring (bicyclic) bond motifs is 1. The topological polar surface area (TPSA) is 127 Å². The van der Waals surface area contributed by atoms with Crippen LogP contribution in [0.15, 0.2) is 65.6 Å². The lowest BCUT2D eigenvalue weighted by atomic mass is 10.1. The Bertz CT molecular complexity index is 1500. The Labute approximate surface area is 190 Å². The lowest BCUT2D eigenvalue weighted by Crippen LogP contribution is -2.17. The van der Waals surface area contributed by atoms with E-state index in [4.69, 9.17) is 0 Å². The molecule has 9 nitrogen and oxygen atoms in total. The van der Waals surface area contributed by atoms with Crippen LogP contribution in [-0.2, 0) is 10.0 Å². The van der Waals surface area contributed by atoms with Gasteiger partial charge in [0.2, 0.25) is 0 Å². The number of non-ortho nitro benzene ring substituents is 1. The zero-order valence-electron chi connectivity index (χ0n) is 18.2. The minimum Gasteiger partial charge on any atom is -0.337 e. The van der Waals surface area contributed by atoms with E-state index in [0.29, 0.717) is 16.6 Å². The summed E-state index contributed by atoms with van der Waals surface area (Å²) in [5.74, 6) is 0.201. The van der Waals surface area contributed by atoms with Gasteiger partial charge in [-0.15, -0.1) is 0 Å². The first-order valence-electron chi connectivity index (χ1n) is 10.0. The number of aromatic nitrogens is 2. The molecule has 0 saturated carbocycles. The minimum atomic E-state index is -4.20. The fraction of sp³-hybridized carbons (Fsp3) is 0.130. The number of nitrogens with one attached hydrogen (secondary N) is 2. The maximum absolute atomic E-state index is 13.2. The molecule has 4 aromatic rings. The third kappa shape index (κ3) is 4.60. The number of aryl methyl sites for hydroxylation is 3. The highest BCUT2D eigenvalue weighted by Gasteiger charge is 2.23. The number of nitro groups is 1. The van der Waals surface area contributed by atoms with Gasteiger partial charge >= 0.3 is 0 Å². The number of anilines is 3. The predicted molar refractivity (Wildman–Crippen MR) is 127 cm³/mol. The molecule has 0 aliphatic heterocycles. The first kappa shape index (κ1) is 22.2. The van der Waals surface area contributed by atoms with Gasteiger partial charge in [-0.3, -0.25) is 14.8 Å². The Morgan fingerprint density at radius 2 is 1.52 bits per heavy atom. The monoisotopic (exact) mass is 463 g/mol. The van der Waals surface area contributed by atoms with E-state index in [2.05, 4.69) is 20.0 Å². The molecule has 0 radical (unpaired) electrons. The van der Waals surface area contributed by atoms with E-state index in [-0.39, 0.29) is 22.2 Å². The molecule has 168 valence electrons. The normalized spacial score (nSPS) is 11.4. The summed E-state index contributed by atoms with van der Waals surface area (Å²) in [6.45, 7) is 5.48. The molecule has 2 N–H and O–H groups in total. The van der Waals surface area contributed by atoms with E-state index in [9.17, 15) is 18.5 Å². The standard InChI is InChI=1S/C23H21N5O4S/c1-14-8-11-18(16(3)12-14)24-22-23(26-20-7-5-4-6-19(20)25-22)27-33(31,32)21-13-17(28(29)30)10-9-15(21)2/h4-13H,1-3H3,(H,24,25)(H,26,27).